The van der Waals surface area contributed by atoms with Gasteiger partial charge < -0.3 is 5.73 Å². The van der Waals surface area contributed by atoms with E-state index in [1.54, 1.807) is 0 Å². The highest BCUT2D eigenvalue weighted by atomic mass is 32.1. The fourth-order valence-electron chi connectivity index (χ4n) is 5.94. The molecular weight excluding hydrogens is 264 g/mol. The summed E-state index contributed by atoms with van der Waals surface area (Å²) in [5.74, 6) is 3.01. The van der Waals surface area contributed by atoms with E-state index in [1.807, 2.05) is 11.3 Å². The zero-order chi connectivity index (χ0) is 13.4. The van der Waals surface area contributed by atoms with E-state index in [0.29, 0.717) is 5.41 Å². The normalized spacial score (nSPS) is 44.5. The summed E-state index contributed by atoms with van der Waals surface area (Å²) in [5.41, 5.74) is 8.28. The van der Waals surface area contributed by atoms with Crippen LogP contribution in [0.4, 0.5) is 0 Å². The minimum Gasteiger partial charge on any atom is -0.319 e. The standard InChI is InChI=1S/C17H24N2S/c18-17(2-1-3-17)15-19-14(10-20-15)16-7-11-4-12(8-16)6-13(5-11)9-16/h10-13H,1-9,18H2. The highest BCUT2D eigenvalue weighted by Gasteiger charge is 2.53. The number of nitrogens with zero attached hydrogens (tertiary/aromatic N) is 1. The topological polar surface area (TPSA) is 38.9 Å². The Hall–Kier alpha value is -0.410. The van der Waals surface area contributed by atoms with E-state index < -0.39 is 0 Å². The third-order valence-electron chi connectivity index (χ3n) is 6.76. The second kappa shape index (κ2) is 3.86. The summed E-state index contributed by atoms with van der Waals surface area (Å²) in [6, 6.07) is 0. The molecule has 0 spiro atoms. The van der Waals surface area contributed by atoms with E-state index >= 15 is 0 Å². The molecule has 1 aromatic rings. The van der Waals surface area contributed by atoms with Crippen LogP contribution in [0.1, 0.15) is 68.5 Å². The summed E-state index contributed by atoms with van der Waals surface area (Å²) in [6.45, 7) is 0. The van der Waals surface area contributed by atoms with Crippen molar-refractivity contribution in [3.8, 4) is 0 Å². The summed E-state index contributed by atoms with van der Waals surface area (Å²) in [4.78, 5) is 5.09. The van der Waals surface area contributed by atoms with E-state index in [0.717, 1.165) is 30.6 Å². The molecule has 5 fully saturated rings. The Morgan fingerprint density at radius 2 is 1.65 bits per heavy atom. The summed E-state index contributed by atoms with van der Waals surface area (Å²) in [7, 11) is 0. The fraction of sp³-hybridized carbons (Fsp3) is 0.824. The lowest BCUT2D eigenvalue weighted by Gasteiger charge is -2.56. The lowest BCUT2D eigenvalue weighted by atomic mass is 9.49. The van der Waals surface area contributed by atoms with Gasteiger partial charge in [-0.3, -0.25) is 0 Å². The van der Waals surface area contributed by atoms with Gasteiger partial charge in [0.2, 0.25) is 0 Å². The molecule has 5 aliphatic carbocycles. The van der Waals surface area contributed by atoms with Crippen molar-refractivity contribution in [2.24, 2.45) is 23.5 Å². The minimum absolute atomic E-state index is 0.0643. The first kappa shape index (κ1) is 12.2. The maximum Gasteiger partial charge on any atom is 0.113 e. The molecule has 0 saturated heterocycles. The first-order valence-electron chi connectivity index (χ1n) is 8.41. The number of nitrogens with two attached hydrogens (primary N) is 1. The van der Waals surface area contributed by atoms with Crippen LogP contribution in [0.15, 0.2) is 5.38 Å². The molecule has 0 amide bonds. The van der Waals surface area contributed by atoms with Gasteiger partial charge in [-0.15, -0.1) is 11.3 Å². The number of hydrogen-bond donors (Lipinski definition) is 1. The molecule has 0 unspecified atom stereocenters. The molecule has 0 aromatic carbocycles. The highest BCUT2D eigenvalue weighted by molar-refractivity contribution is 7.09. The number of thiazole rings is 1. The van der Waals surface area contributed by atoms with E-state index in [4.69, 9.17) is 10.7 Å². The minimum atomic E-state index is -0.0643. The van der Waals surface area contributed by atoms with Crippen LogP contribution in [-0.2, 0) is 11.0 Å². The van der Waals surface area contributed by atoms with Gasteiger partial charge in [0.1, 0.15) is 5.01 Å². The molecule has 4 bridgehead atoms. The van der Waals surface area contributed by atoms with Crippen molar-refractivity contribution in [3.63, 3.8) is 0 Å². The van der Waals surface area contributed by atoms with E-state index in [9.17, 15) is 0 Å². The fourth-order valence-corrected chi connectivity index (χ4v) is 7.06. The lowest BCUT2D eigenvalue weighted by molar-refractivity contribution is -0.00710. The summed E-state index contributed by atoms with van der Waals surface area (Å²) >= 11 is 1.85. The zero-order valence-corrected chi connectivity index (χ0v) is 12.9. The van der Waals surface area contributed by atoms with Crippen LogP contribution in [0.3, 0.4) is 0 Å². The van der Waals surface area contributed by atoms with Gasteiger partial charge in [-0.05, 0) is 75.5 Å². The average molecular weight is 288 g/mol. The first-order valence-corrected chi connectivity index (χ1v) is 9.29. The van der Waals surface area contributed by atoms with Crippen LogP contribution >= 0.6 is 11.3 Å². The summed E-state index contributed by atoms with van der Waals surface area (Å²) in [5, 5.41) is 3.60. The Morgan fingerprint density at radius 3 is 2.15 bits per heavy atom. The quantitative estimate of drug-likeness (QED) is 0.895. The van der Waals surface area contributed by atoms with Crippen molar-refractivity contribution in [3.05, 3.63) is 16.1 Å². The largest absolute Gasteiger partial charge is 0.319 e. The van der Waals surface area contributed by atoms with Crippen molar-refractivity contribution < 1.29 is 0 Å². The van der Waals surface area contributed by atoms with Crippen molar-refractivity contribution in [2.75, 3.05) is 0 Å². The molecule has 2 nitrogen and oxygen atoms in total. The third-order valence-corrected chi connectivity index (χ3v) is 7.82. The first-order chi connectivity index (χ1) is 9.65. The molecule has 3 heteroatoms. The van der Waals surface area contributed by atoms with Crippen LogP contribution in [0.2, 0.25) is 0 Å². The Labute approximate surface area is 125 Å². The Morgan fingerprint density at radius 1 is 1.05 bits per heavy atom. The predicted molar refractivity (Wildman–Crippen MR) is 81.7 cm³/mol. The molecule has 5 saturated carbocycles. The molecule has 2 N–H and O–H groups in total. The monoisotopic (exact) mass is 288 g/mol. The van der Waals surface area contributed by atoms with Crippen molar-refractivity contribution in [1.29, 1.82) is 0 Å². The van der Waals surface area contributed by atoms with E-state index in [1.165, 1.54) is 55.6 Å². The molecule has 1 heterocycles. The van der Waals surface area contributed by atoms with Gasteiger partial charge >= 0.3 is 0 Å². The van der Waals surface area contributed by atoms with E-state index in [-0.39, 0.29) is 5.54 Å². The van der Waals surface area contributed by atoms with Gasteiger partial charge in [-0.2, -0.15) is 0 Å². The van der Waals surface area contributed by atoms with Gasteiger partial charge in [0.05, 0.1) is 11.2 Å². The Kier molecular flexibility index (Phi) is 2.35. The van der Waals surface area contributed by atoms with Crippen LogP contribution in [0.25, 0.3) is 0 Å². The molecule has 0 aliphatic heterocycles. The molecule has 1 aromatic heterocycles. The SMILES string of the molecule is NC1(c2nc(C34CC5CC(CC(C5)C3)C4)cs2)CCC1. The summed E-state index contributed by atoms with van der Waals surface area (Å²) in [6.07, 6.45) is 12.3. The Balaban J connectivity index is 1.50. The molecule has 0 radical (unpaired) electrons. The van der Waals surface area contributed by atoms with Crippen molar-refractivity contribution >= 4 is 11.3 Å². The van der Waals surface area contributed by atoms with Crippen LogP contribution in [0.5, 0.6) is 0 Å². The zero-order valence-electron chi connectivity index (χ0n) is 12.1. The van der Waals surface area contributed by atoms with Crippen molar-refractivity contribution in [2.45, 2.75) is 68.7 Å². The van der Waals surface area contributed by atoms with Gasteiger partial charge in [-0.1, -0.05) is 0 Å². The van der Waals surface area contributed by atoms with Gasteiger partial charge in [0.15, 0.2) is 0 Å². The second-order valence-electron chi connectivity index (χ2n) is 8.25. The highest BCUT2D eigenvalue weighted by Crippen LogP contribution is 2.60. The number of rotatable bonds is 2. The van der Waals surface area contributed by atoms with Gasteiger partial charge in [0.25, 0.3) is 0 Å². The average Bonchev–Trinajstić information content (AvgIpc) is 2.84. The molecule has 6 rings (SSSR count). The maximum absolute atomic E-state index is 6.48. The molecule has 5 aliphatic rings. The molecule has 0 atom stereocenters. The van der Waals surface area contributed by atoms with Crippen molar-refractivity contribution in [1.82, 2.24) is 4.98 Å². The predicted octanol–water partition coefficient (Wildman–Crippen LogP) is 3.95. The van der Waals surface area contributed by atoms with Crippen LogP contribution in [-0.4, -0.2) is 4.98 Å². The maximum atomic E-state index is 6.48. The van der Waals surface area contributed by atoms with Crippen LogP contribution in [0, 0.1) is 17.8 Å². The second-order valence-corrected chi connectivity index (χ2v) is 9.10. The Bertz CT molecular complexity index is 508. The van der Waals surface area contributed by atoms with Gasteiger partial charge in [0, 0.05) is 10.8 Å². The van der Waals surface area contributed by atoms with Crippen LogP contribution < -0.4 is 5.73 Å². The smallest absolute Gasteiger partial charge is 0.113 e. The van der Waals surface area contributed by atoms with E-state index in [2.05, 4.69) is 5.38 Å². The number of hydrogen-bond acceptors (Lipinski definition) is 3. The molecule has 20 heavy (non-hydrogen) atoms. The number of aromatic nitrogens is 1. The molecule has 108 valence electrons. The third kappa shape index (κ3) is 1.57. The summed E-state index contributed by atoms with van der Waals surface area (Å²) < 4.78 is 0. The van der Waals surface area contributed by atoms with Gasteiger partial charge in [-0.25, -0.2) is 4.98 Å². The lowest BCUT2D eigenvalue weighted by Crippen LogP contribution is -2.49. The molecular formula is C17H24N2S.